The Balaban J connectivity index is 1.52. The number of piperazine rings is 1. The van der Waals surface area contributed by atoms with Gasteiger partial charge < -0.3 is 24.9 Å². The van der Waals surface area contributed by atoms with Crippen molar-refractivity contribution in [3.05, 3.63) is 46.3 Å². The van der Waals surface area contributed by atoms with Crippen molar-refractivity contribution < 1.29 is 14.0 Å². The Morgan fingerprint density at radius 1 is 1.14 bits per heavy atom. The maximum atomic E-state index is 12.2. The van der Waals surface area contributed by atoms with E-state index >= 15 is 0 Å². The number of hydrogen-bond donors (Lipinski definition) is 2. The number of amides is 2. The Kier molecular flexibility index (Phi) is 6.74. The predicted molar refractivity (Wildman–Crippen MR) is 113 cm³/mol. The van der Waals surface area contributed by atoms with Crippen LogP contribution in [0.5, 0.6) is 0 Å². The highest BCUT2D eigenvalue weighted by Gasteiger charge is 2.17. The lowest BCUT2D eigenvalue weighted by atomic mass is 10.1. The molecule has 0 saturated carbocycles. The van der Waals surface area contributed by atoms with Crippen LogP contribution in [-0.4, -0.2) is 56.0 Å². The first-order valence-electron chi connectivity index (χ1n) is 9.37. The van der Waals surface area contributed by atoms with Crippen LogP contribution in [0.25, 0.3) is 0 Å². The van der Waals surface area contributed by atoms with Gasteiger partial charge in [0.2, 0.25) is 5.91 Å². The molecule has 1 aromatic carbocycles. The molecule has 0 bridgehead atoms. The summed E-state index contributed by atoms with van der Waals surface area (Å²) in [6, 6.07) is 9.21. The first-order chi connectivity index (χ1) is 13.5. The Hall–Kier alpha value is -2.32. The highest BCUT2D eigenvalue weighted by atomic mass is 79.9. The molecule has 1 saturated heterocycles. The number of anilines is 2. The first-order valence-corrected chi connectivity index (χ1v) is 10.2. The van der Waals surface area contributed by atoms with Crippen LogP contribution in [0.15, 0.2) is 39.4 Å². The molecule has 0 atom stereocenters. The van der Waals surface area contributed by atoms with Crippen molar-refractivity contribution in [1.82, 2.24) is 10.2 Å². The van der Waals surface area contributed by atoms with Crippen LogP contribution in [0.2, 0.25) is 0 Å². The van der Waals surface area contributed by atoms with Crippen LogP contribution < -0.4 is 15.5 Å². The Morgan fingerprint density at radius 2 is 1.89 bits per heavy atom. The number of furan rings is 1. The lowest BCUT2D eigenvalue weighted by Gasteiger charge is -2.35. The molecular formula is C20H25BrN4O3. The monoisotopic (exact) mass is 448 g/mol. The van der Waals surface area contributed by atoms with Gasteiger partial charge in [-0.1, -0.05) is 6.92 Å². The number of rotatable bonds is 6. The second-order valence-electron chi connectivity index (χ2n) is 6.76. The fraction of sp³-hybridized carbons (Fsp3) is 0.400. The van der Waals surface area contributed by atoms with Gasteiger partial charge in [-0.05, 0) is 65.3 Å². The lowest BCUT2D eigenvalue weighted by molar-refractivity contribution is -0.115. The fourth-order valence-electron chi connectivity index (χ4n) is 3.19. The quantitative estimate of drug-likeness (QED) is 0.710. The lowest BCUT2D eigenvalue weighted by Crippen LogP contribution is -2.46. The van der Waals surface area contributed by atoms with Gasteiger partial charge in [-0.25, -0.2) is 0 Å². The summed E-state index contributed by atoms with van der Waals surface area (Å²) in [5, 5.41) is 5.39. The topological polar surface area (TPSA) is 77.8 Å². The zero-order valence-corrected chi connectivity index (χ0v) is 17.7. The molecule has 8 heteroatoms. The molecule has 150 valence electrons. The average Bonchev–Trinajstić information content (AvgIpc) is 3.14. The molecular weight excluding hydrogens is 424 g/mol. The predicted octanol–water partition coefficient (Wildman–Crippen LogP) is 2.86. The first kappa shape index (κ1) is 20.4. The second kappa shape index (κ2) is 9.25. The van der Waals surface area contributed by atoms with Gasteiger partial charge in [0, 0.05) is 37.6 Å². The molecule has 2 heterocycles. The molecule has 2 N–H and O–H groups in total. The molecule has 0 spiro atoms. The van der Waals surface area contributed by atoms with Crippen molar-refractivity contribution in [3.8, 4) is 0 Å². The van der Waals surface area contributed by atoms with E-state index in [0.29, 0.717) is 4.67 Å². The maximum absolute atomic E-state index is 12.2. The van der Waals surface area contributed by atoms with E-state index in [1.54, 1.807) is 12.1 Å². The number of hydrogen-bond acceptors (Lipinski definition) is 5. The molecule has 2 aromatic rings. The van der Waals surface area contributed by atoms with E-state index in [4.69, 9.17) is 4.42 Å². The summed E-state index contributed by atoms with van der Waals surface area (Å²) in [6.07, 6.45) is 0. The van der Waals surface area contributed by atoms with Crippen molar-refractivity contribution >= 4 is 39.1 Å². The molecule has 1 aliphatic rings. The minimum Gasteiger partial charge on any atom is -0.444 e. The van der Waals surface area contributed by atoms with E-state index in [2.05, 4.69) is 49.4 Å². The smallest absolute Gasteiger partial charge is 0.287 e. The molecule has 7 nitrogen and oxygen atoms in total. The second-order valence-corrected chi connectivity index (χ2v) is 7.54. The normalized spacial score (nSPS) is 14.8. The van der Waals surface area contributed by atoms with Crippen LogP contribution in [0, 0.1) is 6.92 Å². The van der Waals surface area contributed by atoms with Crippen LogP contribution >= 0.6 is 15.9 Å². The largest absolute Gasteiger partial charge is 0.444 e. The van der Waals surface area contributed by atoms with Gasteiger partial charge in [-0.2, -0.15) is 0 Å². The number of carbonyl (C=O) groups excluding carboxylic acids is 2. The van der Waals surface area contributed by atoms with E-state index in [1.807, 2.05) is 19.1 Å². The summed E-state index contributed by atoms with van der Waals surface area (Å²) >= 11 is 3.14. The minimum absolute atomic E-state index is 0.128. The average molecular weight is 449 g/mol. The van der Waals surface area contributed by atoms with Gasteiger partial charge in [-0.3, -0.25) is 9.59 Å². The van der Waals surface area contributed by atoms with E-state index in [-0.39, 0.29) is 18.2 Å². The van der Waals surface area contributed by atoms with E-state index in [0.717, 1.165) is 44.0 Å². The molecule has 1 fully saturated rings. The van der Waals surface area contributed by atoms with Gasteiger partial charge in [0.15, 0.2) is 10.4 Å². The number of carbonyl (C=O) groups is 2. The third kappa shape index (κ3) is 5.14. The van der Waals surface area contributed by atoms with Crippen molar-refractivity contribution in [2.24, 2.45) is 0 Å². The summed E-state index contributed by atoms with van der Waals surface area (Å²) < 4.78 is 5.63. The van der Waals surface area contributed by atoms with Gasteiger partial charge >= 0.3 is 0 Å². The summed E-state index contributed by atoms with van der Waals surface area (Å²) in [5.41, 5.74) is 2.91. The summed E-state index contributed by atoms with van der Waals surface area (Å²) in [5.74, 6) is -0.561. The number of likely N-dealkylation sites (N-methyl/N-ethyl adjacent to an activating group) is 1. The van der Waals surface area contributed by atoms with Crippen molar-refractivity contribution in [1.29, 1.82) is 0 Å². The van der Waals surface area contributed by atoms with Crippen molar-refractivity contribution in [2.75, 3.05) is 49.5 Å². The molecule has 0 radical (unpaired) electrons. The molecule has 3 rings (SSSR count). The Morgan fingerprint density at radius 3 is 2.50 bits per heavy atom. The van der Waals surface area contributed by atoms with Crippen LogP contribution in [0.1, 0.15) is 23.0 Å². The highest BCUT2D eigenvalue weighted by molar-refractivity contribution is 9.10. The number of nitrogens with one attached hydrogen (secondary N) is 2. The molecule has 2 amide bonds. The highest BCUT2D eigenvalue weighted by Crippen LogP contribution is 2.23. The number of halogens is 1. The third-order valence-corrected chi connectivity index (χ3v) is 5.30. The van der Waals surface area contributed by atoms with E-state index < -0.39 is 5.91 Å². The van der Waals surface area contributed by atoms with Crippen LogP contribution in [0.3, 0.4) is 0 Å². The Labute approximate surface area is 173 Å². The van der Waals surface area contributed by atoms with Crippen molar-refractivity contribution in [3.63, 3.8) is 0 Å². The molecule has 1 aliphatic heterocycles. The molecule has 1 aromatic heterocycles. The molecule has 28 heavy (non-hydrogen) atoms. The summed E-state index contributed by atoms with van der Waals surface area (Å²) in [4.78, 5) is 28.9. The van der Waals surface area contributed by atoms with Crippen molar-refractivity contribution in [2.45, 2.75) is 13.8 Å². The van der Waals surface area contributed by atoms with Crippen LogP contribution in [-0.2, 0) is 4.79 Å². The molecule has 0 unspecified atom stereocenters. The summed E-state index contributed by atoms with van der Waals surface area (Å²) in [6.45, 7) is 9.28. The van der Waals surface area contributed by atoms with Gasteiger partial charge in [0.1, 0.15) is 0 Å². The van der Waals surface area contributed by atoms with Gasteiger partial charge in [0.05, 0.1) is 6.54 Å². The SMILES string of the molecule is CCN1CCN(c2ccc(NC(=O)CNC(=O)c3ccc(Br)o3)c(C)c2)CC1. The number of nitrogens with zero attached hydrogens (tertiary/aromatic N) is 2. The van der Waals surface area contributed by atoms with E-state index in [1.165, 1.54) is 5.69 Å². The fourth-order valence-corrected chi connectivity index (χ4v) is 3.49. The number of benzene rings is 1. The third-order valence-electron chi connectivity index (χ3n) is 4.88. The number of aryl methyl sites for hydroxylation is 1. The van der Waals surface area contributed by atoms with Gasteiger partial charge in [0.25, 0.3) is 5.91 Å². The Bertz CT molecular complexity index is 844. The van der Waals surface area contributed by atoms with Gasteiger partial charge in [-0.15, -0.1) is 0 Å². The zero-order valence-electron chi connectivity index (χ0n) is 16.1. The van der Waals surface area contributed by atoms with Crippen LogP contribution in [0.4, 0.5) is 11.4 Å². The molecule has 0 aliphatic carbocycles. The standard InChI is InChI=1S/C20H25BrN4O3/c1-3-24-8-10-25(11-9-24)15-4-5-16(14(2)12-15)23-19(26)13-22-20(27)17-6-7-18(21)28-17/h4-7,12H,3,8-11,13H2,1-2H3,(H,22,27)(H,23,26). The summed E-state index contributed by atoms with van der Waals surface area (Å²) in [7, 11) is 0. The zero-order chi connectivity index (χ0) is 20.1. The van der Waals surface area contributed by atoms with E-state index in [9.17, 15) is 9.59 Å². The minimum atomic E-state index is -0.431. The maximum Gasteiger partial charge on any atom is 0.287 e.